The van der Waals surface area contributed by atoms with Crippen LogP contribution in [0.2, 0.25) is 5.02 Å². The summed E-state index contributed by atoms with van der Waals surface area (Å²) in [6, 6.07) is 8.91. The van der Waals surface area contributed by atoms with Gasteiger partial charge in [-0.15, -0.1) is 0 Å². The van der Waals surface area contributed by atoms with Crippen LogP contribution in [0.25, 0.3) is 0 Å². The maximum Gasteiger partial charge on any atom is 0.0438 e. The van der Waals surface area contributed by atoms with Crippen LogP contribution in [0.1, 0.15) is 52.5 Å². The maximum atomic E-state index is 6.37. The first-order valence-electron chi connectivity index (χ1n) is 8.34. The van der Waals surface area contributed by atoms with Gasteiger partial charge in [-0.2, -0.15) is 0 Å². The number of rotatable bonds is 5. The molecule has 2 atom stereocenters. The fraction of sp³-hybridized carbons (Fsp3) is 0.684. The van der Waals surface area contributed by atoms with E-state index in [9.17, 15) is 0 Å². The van der Waals surface area contributed by atoms with Gasteiger partial charge in [-0.05, 0) is 61.1 Å². The Bertz CT molecular complexity index is 451. The lowest BCUT2D eigenvalue weighted by molar-refractivity contribution is 0.114. The zero-order valence-electron chi connectivity index (χ0n) is 14.0. The SMILES string of the molecule is CC(C)NCC1CCC(C)(C)CC1Cc1ccccc1Cl. The molecule has 0 bridgehead atoms. The Hall–Kier alpha value is -0.530. The lowest BCUT2D eigenvalue weighted by Gasteiger charge is -2.41. The summed E-state index contributed by atoms with van der Waals surface area (Å²) in [6.07, 6.45) is 5.11. The van der Waals surface area contributed by atoms with Gasteiger partial charge in [-0.3, -0.25) is 0 Å². The van der Waals surface area contributed by atoms with Crippen molar-refractivity contribution in [1.29, 1.82) is 0 Å². The quantitative estimate of drug-likeness (QED) is 0.776. The molecule has 1 aromatic rings. The highest BCUT2D eigenvalue weighted by atomic mass is 35.5. The third-order valence-corrected chi connectivity index (χ3v) is 5.27. The van der Waals surface area contributed by atoms with Crippen LogP contribution in [0.3, 0.4) is 0 Å². The van der Waals surface area contributed by atoms with E-state index in [4.69, 9.17) is 11.6 Å². The number of nitrogens with one attached hydrogen (secondary N) is 1. The molecule has 118 valence electrons. The topological polar surface area (TPSA) is 12.0 Å². The molecule has 0 saturated heterocycles. The van der Waals surface area contributed by atoms with Crippen molar-refractivity contribution >= 4 is 11.6 Å². The first-order chi connectivity index (χ1) is 9.87. The van der Waals surface area contributed by atoms with E-state index in [1.54, 1.807) is 0 Å². The molecule has 1 nitrogen and oxygen atoms in total. The van der Waals surface area contributed by atoms with Crippen LogP contribution >= 0.6 is 11.6 Å². The third-order valence-electron chi connectivity index (χ3n) is 4.90. The van der Waals surface area contributed by atoms with E-state index in [1.807, 2.05) is 12.1 Å². The van der Waals surface area contributed by atoms with E-state index in [2.05, 4.69) is 45.1 Å². The van der Waals surface area contributed by atoms with Crippen molar-refractivity contribution in [3.05, 3.63) is 34.9 Å². The molecular formula is C19H30ClN. The Balaban J connectivity index is 2.08. The fourth-order valence-electron chi connectivity index (χ4n) is 3.63. The summed E-state index contributed by atoms with van der Waals surface area (Å²) in [5.41, 5.74) is 1.79. The predicted molar refractivity (Wildman–Crippen MR) is 92.9 cm³/mol. The number of halogens is 1. The van der Waals surface area contributed by atoms with Crippen molar-refractivity contribution in [2.24, 2.45) is 17.3 Å². The highest BCUT2D eigenvalue weighted by molar-refractivity contribution is 6.31. The largest absolute Gasteiger partial charge is 0.314 e. The Kier molecular flexibility index (Phi) is 5.73. The van der Waals surface area contributed by atoms with Crippen LogP contribution in [0.4, 0.5) is 0 Å². The Labute approximate surface area is 135 Å². The molecule has 1 aliphatic carbocycles. The van der Waals surface area contributed by atoms with Crippen LogP contribution in [0.15, 0.2) is 24.3 Å². The second-order valence-corrected chi connectivity index (χ2v) is 8.19. The van der Waals surface area contributed by atoms with Crippen LogP contribution in [-0.2, 0) is 6.42 Å². The molecule has 1 saturated carbocycles. The van der Waals surface area contributed by atoms with Gasteiger partial charge in [-0.1, -0.05) is 57.5 Å². The van der Waals surface area contributed by atoms with Gasteiger partial charge in [0.05, 0.1) is 0 Å². The van der Waals surface area contributed by atoms with Gasteiger partial charge >= 0.3 is 0 Å². The molecule has 1 N–H and O–H groups in total. The third kappa shape index (κ3) is 5.00. The molecule has 0 heterocycles. The second-order valence-electron chi connectivity index (χ2n) is 7.79. The van der Waals surface area contributed by atoms with Gasteiger partial charge in [0.25, 0.3) is 0 Å². The molecular weight excluding hydrogens is 278 g/mol. The van der Waals surface area contributed by atoms with E-state index in [1.165, 1.54) is 24.8 Å². The van der Waals surface area contributed by atoms with Crippen LogP contribution in [0, 0.1) is 17.3 Å². The Morgan fingerprint density at radius 3 is 2.62 bits per heavy atom. The van der Waals surface area contributed by atoms with Crippen molar-refractivity contribution in [3.8, 4) is 0 Å². The lowest BCUT2D eigenvalue weighted by atomic mass is 9.65. The molecule has 0 aliphatic heterocycles. The highest BCUT2D eigenvalue weighted by Crippen LogP contribution is 2.43. The van der Waals surface area contributed by atoms with Crippen LogP contribution in [0.5, 0.6) is 0 Å². The summed E-state index contributed by atoms with van der Waals surface area (Å²) in [6.45, 7) is 10.4. The number of hydrogen-bond donors (Lipinski definition) is 1. The van der Waals surface area contributed by atoms with Gasteiger partial charge in [-0.25, -0.2) is 0 Å². The predicted octanol–water partition coefficient (Wildman–Crippen LogP) is 5.32. The minimum atomic E-state index is 0.472. The van der Waals surface area contributed by atoms with Gasteiger partial charge in [0.15, 0.2) is 0 Å². The van der Waals surface area contributed by atoms with Crippen molar-refractivity contribution in [2.75, 3.05) is 6.54 Å². The molecule has 0 aromatic heterocycles. The van der Waals surface area contributed by atoms with E-state index >= 15 is 0 Å². The first-order valence-corrected chi connectivity index (χ1v) is 8.72. The summed E-state index contributed by atoms with van der Waals surface area (Å²) in [4.78, 5) is 0. The van der Waals surface area contributed by atoms with E-state index in [0.29, 0.717) is 11.5 Å². The molecule has 1 aliphatic rings. The van der Waals surface area contributed by atoms with Crippen molar-refractivity contribution < 1.29 is 0 Å². The molecule has 0 radical (unpaired) electrons. The first kappa shape index (κ1) is 16.8. The van der Waals surface area contributed by atoms with E-state index < -0.39 is 0 Å². The zero-order chi connectivity index (χ0) is 15.5. The van der Waals surface area contributed by atoms with E-state index in [0.717, 1.165) is 29.8 Å². The van der Waals surface area contributed by atoms with Crippen molar-refractivity contribution in [1.82, 2.24) is 5.32 Å². The average Bonchev–Trinajstić information content (AvgIpc) is 2.39. The maximum absolute atomic E-state index is 6.37. The average molecular weight is 308 g/mol. The lowest BCUT2D eigenvalue weighted by Crippen LogP contribution is -2.38. The summed E-state index contributed by atoms with van der Waals surface area (Å²) in [5, 5.41) is 4.57. The van der Waals surface area contributed by atoms with Gasteiger partial charge in [0.2, 0.25) is 0 Å². The molecule has 1 fully saturated rings. The number of benzene rings is 1. The molecule has 2 rings (SSSR count). The molecule has 1 aromatic carbocycles. The minimum Gasteiger partial charge on any atom is -0.314 e. The second kappa shape index (κ2) is 7.15. The minimum absolute atomic E-state index is 0.472. The molecule has 2 unspecified atom stereocenters. The van der Waals surface area contributed by atoms with Crippen LogP contribution < -0.4 is 5.32 Å². The molecule has 2 heteroatoms. The summed E-state index contributed by atoms with van der Waals surface area (Å²) < 4.78 is 0. The van der Waals surface area contributed by atoms with Crippen molar-refractivity contribution in [3.63, 3.8) is 0 Å². The summed E-state index contributed by atoms with van der Waals surface area (Å²) in [5.74, 6) is 1.51. The number of hydrogen-bond acceptors (Lipinski definition) is 1. The normalized spacial score (nSPS) is 25.2. The zero-order valence-corrected chi connectivity index (χ0v) is 14.7. The van der Waals surface area contributed by atoms with E-state index in [-0.39, 0.29) is 0 Å². The summed E-state index contributed by atoms with van der Waals surface area (Å²) >= 11 is 6.37. The monoisotopic (exact) mass is 307 g/mol. The Morgan fingerprint density at radius 2 is 1.95 bits per heavy atom. The van der Waals surface area contributed by atoms with Gasteiger partial charge in [0.1, 0.15) is 0 Å². The summed E-state index contributed by atoms with van der Waals surface area (Å²) in [7, 11) is 0. The van der Waals surface area contributed by atoms with Gasteiger partial charge in [0, 0.05) is 11.1 Å². The smallest absolute Gasteiger partial charge is 0.0438 e. The van der Waals surface area contributed by atoms with Crippen molar-refractivity contribution in [2.45, 2.75) is 59.4 Å². The fourth-order valence-corrected chi connectivity index (χ4v) is 3.84. The van der Waals surface area contributed by atoms with Gasteiger partial charge < -0.3 is 5.32 Å². The standard InChI is InChI=1S/C19H30ClN/c1-14(2)21-13-16-9-10-19(3,4)12-17(16)11-15-7-5-6-8-18(15)20/h5-8,14,16-17,21H,9-13H2,1-4H3. The Morgan fingerprint density at radius 1 is 1.24 bits per heavy atom. The van der Waals surface area contributed by atoms with Crippen LogP contribution in [-0.4, -0.2) is 12.6 Å². The highest BCUT2D eigenvalue weighted by Gasteiger charge is 2.34. The molecule has 21 heavy (non-hydrogen) atoms. The molecule has 0 spiro atoms. The molecule has 0 amide bonds.